The molecule has 0 saturated heterocycles. The van der Waals surface area contributed by atoms with Crippen molar-refractivity contribution in [2.24, 2.45) is 17.3 Å². The van der Waals surface area contributed by atoms with Crippen molar-refractivity contribution in [2.75, 3.05) is 25.1 Å². The van der Waals surface area contributed by atoms with Gasteiger partial charge in [0.25, 0.3) is 0 Å². The number of thioether (sulfide) groups is 1. The zero-order chi connectivity index (χ0) is 12.0. The Labute approximate surface area is 106 Å². The van der Waals surface area contributed by atoms with Crippen molar-refractivity contribution < 1.29 is 0 Å². The van der Waals surface area contributed by atoms with Gasteiger partial charge < -0.3 is 5.32 Å². The Bertz CT molecular complexity index is 189. The highest BCUT2D eigenvalue weighted by molar-refractivity contribution is 7.98. The Morgan fingerprint density at radius 1 is 1.38 bits per heavy atom. The number of nitrogens with one attached hydrogen (secondary N) is 1. The van der Waals surface area contributed by atoms with E-state index in [1.165, 1.54) is 44.5 Å². The first-order valence-electron chi connectivity index (χ1n) is 6.78. The van der Waals surface area contributed by atoms with E-state index in [1.54, 1.807) is 0 Å². The van der Waals surface area contributed by atoms with Crippen LogP contribution in [0.2, 0.25) is 0 Å². The van der Waals surface area contributed by atoms with E-state index in [1.807, 2.05) is 11.8 Å². The summed E-state index contributed by atoms with van der Waals surface area (Å²) in [5.41, 5.74) is 0.574. The smallest absolute Gasteiger partial charge is 0.000793 e. The largest absolute Gasteiger partial charge is 0.316 e. The van der Waals surface area contributed by atoms with Gasteiger partial charge in [0.2, 0.25) is 0 Å². The molecule has 1 atom stereocenters. The summed E-state index contributed by atoms with van der Waals surface area (Å²) in [7, 11) is 0. The van der Waals surface area contributed by atoms with Crippen LogP contribution in [0.5, 0.6) is 0 Å². The highest BCUT2D eigenvalue weighted by Gasteiger charge is 2.40. The molecule has 0 aromatic rings. The first-order valence-corrected chi connectivity index (χ1v) is 8.17. The zero-order valence-electron chi connectivity index (χ0n) is 11.5. The zero-order valence-corrected chi connectivity index (χ0v) is 12.3. The maximum absolute atomic E-state index is 3.67. The van der Waals surface area contributed by atoms with Crippen LogP contribution in [0.1, 0.15) is 46.5 Å². The van der Waals surface area contributed by atoms with Crippen molar-refractivity contribution in [3.8, 4) is 0 Å². The molecule has 96 valence electrons. The highest BCUT2D eigenvalue weighted by atomic mass is 32.2. The highest BCUT2D eigenvalue weighted by Crippen LogP contribution is 2.47. The molecular weight excluding hydrogens is 214 g/mol. The lowest BCUT2D eigenvalue weighted by molar-refractivity contribution is 0.232. The Hall–Kier alpha value is 0.310. The normalized spacial score (nSPS) is 20.1. The second kappa shape index (κ2) is 6.90. The maximum Gasteiger partial charge on any atom is 0.000793 e. The van der Waals surface area contributed by atoms with Crippen molar-refractivity contribution in [2.45, 2.75) is 46.5 Å². The van der Waals surface area contributed by atoms with Crippen LogP contribution >= 0.6 is 11.8 Å². The fourth-order valence-electron chi connectivity index (χ4n) is 2.48. The first-order chi connectivity index (χ1) is 7.58. The summed E-state index contributed by atoms with van der Waals surface area (Å²) in [6.45, 7) is 9.47. The molecule has 0 aromatic carbocycles. The molecule has 0 radical (unpaired) electrons. The second-order valence-corrected chi connectivity index (χ2v) is 7.04. The quantitative estimate of drug-likeness (QED) is 0.618. The summed E-state index contributed by atoms with van der Waals surface area (Å²) < 4.78 is 0. The van der Waals surface area contributed by atoms with Gasteiger partial charge in [-0.25, -0.2) is 0 Å². The van der Waals surface area contributed by atoms with Crippen molar-refractivity contribution >= 4 is 11.8 Å². The van der Waals surface area contributed by atoms with Crippen LogP contribution in [0.25, 0.3) is 0 Å². The number of rotatable bonds is 9. The molecule has 16 heavy (non-hydrogen) atoms. The topological polar surface area (TPSA) is 12.0 Å². The van der Waals surface area contributed by atoms with Crippen LogP contribution in [0.4, 0.5) is 0 Å². The minimum atomic E-state index is 0.574. The molecule has 0 bridgehead atoms. The van der Waals surface area contributed by atoms with E-state index in [0.717, 1.165) is 11.8 Å². The average molecular weight is 243 g/mol. The summed E-state index contributed by atoms with van der Waals surface area (Å²) in [5, 5.41) is 3.67. The van der Waals surface area contributed by atoms with E-state index in [4.69, 9.17) is 0 Å². The predicted molar refractivity (Wildman–Crippen MR) is 76.2 cm³/mol. The van der Waals surface area contributed by atoms with Gasteiger partial charge in [0.15, 0.2) is 0 Å². The maximum atomic E-state index is 3.67. The average Bonchev–Trinajstić information content (AvgIpc) is 3.00. The number of hydrogen-bond donors (Lipinski definition) is 1. The molecule has 0 spiro atoms. The van der Waals surface area contributed by atoms with Gasteiger partial charge in [-0.15, -0.1) is 0 Å². The molecule has 0 heterocycles. The van der Waals surface area contributed by atoms with Crippen molar-refractivity contribution in [3.63, 3.8) is 0 Å². The Kier molecular flexibility index (Phi) is 6.20. The summed E-state index contributed by atoms with van der Waals surface area (Å²) in [5.74, 6) is 3.11. The first kappa shape index (κ1) is 14.4. The minimum Gasteiger partial charge on any atom is -0.316 e. The molecular formula is C14H29NS. The van der Waals surface area contributed by atoms with E-state index in [-0.39, 0.29) is 0 Å². The lowest BCUT2D eigenvalue weighted by Gasteiger charge is -2.30. The van der Waals surface area contributed by atoms with Gasteiger partial charge in [-0.2, -0.15) is 11.8 Å². The third-order valence-electron chi connectivity index (χ3n) is 3.74. The Morgan fingerprint density at radius 3 is 2.56 bits per heavy atom. The third kappa shape index (κ3) is 5.09. The fraction of sp³-hybridized carbons (Fsp3) is 1.00. The van der Waals surface area contributed by atoms with E-state index < -0.39 is 0 Å². The standard InChI is InChI=1S/C14H29NS/c1-12(2)10-15-11-14(3,13-6-7-13)8-5-9-16-4/h12-13,15H,5-11H2,1-4H3. The van der Waals surface area contributed by atoms with Crippen LogP contribution in [0.3, 0.4) is 0 Å². The van der Waals surface area contributed by atoms with Crippen LogP contribution in [-0.4, -0.2) is 25.1 Å². The molecule has 1 fully saturated rings. The van der Waals surface area contributed by atoms with Crippen LogP contribution in [-0.2, 0) is 0 Å². The lowest BCUT2D eigenvalue weighted by Crippen LogP contribution is -2.35. The second-order valence-electron chi connectivity index (χ2n) is 6.05. The third-order valence-corrected chi connectivity index (χ3v) is 4.44. The van der Waals surface area contributed by atoms with Crippen molar-refractivity contribution in [3.05, 3.63) is 0 Å². The summed E-state index contributed by atoms with van der Waals surface area (Å²) in [4.78, 5) is 0. The molecule has 1 unspecified atom stereocenters. The Balaban J connectivity index is 2.27. The van der Waals surface area contributed by atoms with Crippen LogP contribution in [0, 0.1) is 17.3 Å². The van der Waals surface area contributed by atoms with Gasteiger partial charge in [-0.05, 0) is 61.5 Å². The molecule has 1 N–H and O–H groups in total. The predicted octanol–water partition coefficient (Wildman–Crippen LogP) is 3.79. The van der Waals surface area contributed by atoms with Gasteiger partial charge in [-0.3, -0.25) is 0 Å². The monoisotopic (exact) mass is 243 g/mol. The minimum absolute atomic E-state index is 0.574. The van der Waals surface area contributed by atoms with Crippen LogP contribution in [0.15, 0.2) is 0 Å². The molecule has 1 nitrogen and oxygen atoms in total. The molecule has 0 aromatic heterocycles. The summed E-state index contributed by atoms with van der Waals surface area (Å²) in [6, 6.07) is 0. The van der Waals surface area contributed by atoms with E-state index in [0.29, 0.717) is 5.41 Å². The fourth-order valence-corrected chi connectivity index (χ4v) is 2.92. The Morgan fingerprint density at radius 2 is 2.06 bits per heavy atom. The number of hydrogen-bond acceptors (Lipinski definition) is 2. The lowest BCUT2D eigenvalue weighted by atomic mass is 9.80. The molecule has 1 rings (SSSR count). The summed E-state index contributed by atoms with van der Waals surface area (Å²) in [6.07, 6.45) is 7.95. The van der Waals surface area contributed by atoms with E-state index >= 15 is 0 Å². The van der Waals surface area contributed by atoms with Gasteiger partial charge in [0.1, 0.15) is 0 Å². The summed E-state index contributed by atoms with van der Waals surface area (Å²) >= 11 is 1.98. The molecule has 1 aliphatic rings. The van der Waals surface area contributed by atoms with Gasteiger partial charge in [0.05, 0.1) is 0 Å². The molecule has 0 amide bonds. The molecule has 1 aliphatic carbocycles. The molecule has 0 aliphatic heterocycles. The SMILES string of the molecule is CSCCCC(C)(CNCC(C)C)C1CC1. The molecule has 1 saturated carbocycles. The van der Waals surface area contributed by atoms with Crippen molar-refractivity contribution in [1.29, 1.82) is 0 Å². The van der Waals surface area contributed by atoms with Crippen molar-refractivity contribution in [1.82, 2.24) is 5.32 Å². The van der Waals surface area contributed by atoms with E-state index in [2.05, 4.69) is 32.3 Å². The van der Waals surface area contributed by atoms with Gasteiger partial charge in [-0.1, -0.05) is 20.8 Å². The van der Waals surface area contributed by atoms with Gasteiger partial charge >= 0.3 is 0 Å². The van der Waals surface area contributed by atoms with E-state index in [9.17, 15) is 0 Å². The van der Waals surface area contributed by atoms with Gasteiger partial charge in [0, 0.05) is 6.54 Å². The van der Waals surface area contributed by atoms with Crippen LogP contribution < -0.4 is 5.32 Å². The molecule has 2 heteroatoms.